The average molecular weight is 386 g/mol. The van der Waals surface area contributed by atoms with Gasteiger partial charge in [-0.15, -0.1) is 10.2 Å². The van der Waals surface area contributed by atoms with E-state index in [1.165, 1.54) is 11.8 Å². The van der Waals surface area contributed by atoms with Crippen LogP contribution in [0.5, 0.6) is 0 Å². The molecular weight excluding hydrogens is 354 g/mol. The molecule has 1 rings (SSSR count). The number of nitrogens with zero attached hydrogens (tertiary/aromatic N) is 3. The highest BCUT2D eigenvalue weighted by Crippen LogP contribution is 2.19. The average Bonchev–Trinajstić information content (AvgIpc) is 2.91. The second kappa shape index (κ2) is 11.9. The summed E-state index contributed by atoms with van der Waals surface area (Å²) in [5, 5.41) is 11.9. The highest BCUT2D eigenvalue weighted by Gasteiger charge is 2.15. The van der Waals surface area contributed by atoms with Gasteiger partial charge in [-0.3, -0.25) is 9.59 Å². The molecule has 0 aliphatic rings. The molecule has 0 aliphatic carbocycles. The van der Waals surface area contributed by atoms with E-state index in [9.17, 15) is 9.59 Å². The van der Waals surface area contributed by atoms with Crippen molar-refractivity contribution >= 4 is 23.6 Å². The molecule has 0 bridgehead atoms. The van der Waals surface area contributed by atoms with Gasteiger partial charge < -0.3 is 20.4 Å². The van der Waals surface area contributed by atoms with Crippen LogP contribution in [0.25, 0.3) is 0 Å². The molecular formula is C17H31N5O3S. The first-order chi connectivity index (χ1) is 12.3. The van der Waals surface area contributed by atoms with E-state index in [1.807, 2.05) is 18.4 Å². The summed E-state index contributed by atoms with van der Waals surface area (Å²) in [6, 6.07) is 0. The SMILES string of the molecule is CC(C)Cn1c(CCC(N)=O)nnc1SCC(=O)NCCCOC(C)C. The number of primary amides is 1. The Hall–Kier alpha value is -1.61. The number of carbonyl (C=O) groups is 2. The number of nitrogens with two attached hydrogens (primary N) is 1. The standard InChI is InChI=1S/C17H31N5O3S/c1-12(2)10-22-15(7-6-14(18)23)20-21-17(22)26-11-16(24)19-8-5-9-25-13(3)4/h12-13H,5-11H2,1-4H3,(H2,18,23)(H,19,24). The molecule has 1 aromatic rings. The van der Waals surface area contributed by atoms with Crippen molar-refractivity contribution in [3.8, 4) is 0 Å². The predicted octanol–water partition coefficient (Wildman–Crippen LogP) is 1.38. The zero-order chi connectivity index (χ0) is 19.5. The number of amides is 2. The lowest BCUT2D eigenvalue weighted by Gasteiger charge is -2.12. The Morgan fingerprint density at radius 2 is 2.00 bits per heavy atom. The van der Waals surface area contributed by atoms with Crippen molar-refractivity contribution in [3.05, 3.63) is 5.82 Å². The van der Waals surface area contributed by atoms with Crippen LogP contribution in [-0.2, 0) is 27.3 Å². The normalized spacial score (nSPS) is 11.3. The molecule has 1 heterocycles. The molecule has 26 heavy (non-hydrogen) atoms. The smallest absolute Gasteiger partial charge is 0.230 e. The molecule has 8 nitrogen and oxygen atoms in total. The second-order valence-corrected chi connectivity index (χ2v) is 7.72. The number of aryl methyl sites for hydroxylation is 1. The molecule has 148 valence electrons. The van der Waals surface area contributed by atoms with E-state index in [-0.39, 0.29) is 30.1 Å². The highest BCUT2D eigenvalue weighted by molar-refractivity contribution is 7.99. The van der Waals surface area contributed by atoms with Gasteiger partial charge in [0, 0.05) is 32.5 Å². The molecule has 0 aliphatic heterocycles. The third-order valence-corrected chi connectivity index (χ3v) is 4.33. The number of hydrogen-bond donors (Lipinski definition) is 2. The summed E-state index contributed by atoms with van der Waals surface area (Å²) >= 11 is 1.35. The molecule has 0 saturated carbocycles. The van der Waals surface area contributed by atoms with Crippen molar-refractivity contribution in [2.75, 3.05) is 18.9 Å². The van der Waals surface area contributed by atoms with Crippen molar-refractivity contribution in [3.63, 3.8) is 0 Å². The molecule has 0 saturated heterocycles. The number of carbonyl (C=O) groups excluding carboxylic acids is 2. The van der Waals surface area contributed by atoms with Crippen LogP contribution in [-0.4, -0.2) is 51.6 Å². The third-order valence-electron chi connectivity index (χ3n) is 3.36. The van der Waals surface area contributed by atoms with E-state index >= 15 is 0 Å². The van der Waals surface area contributed by atoms with E-state index in [4.69, 9.17) is 10.5 Å². The topological polar surface area (TPSA) is 112 Å². The van der Waals surface area contributed by atoms with Crippen LogP contribution in [0, 0.1) is 5.92 Å². The lowest BCUT2D eigenvalue weighted by Crippen LogP contribution is -2.27. The third kappa shape index (κ3) is 9.19. The maximum absolute atomic E-state index is 12.0. The van der Waals surface area contributed by atoms with Crippen LogP contribution in [0.4, 0.5) is 0 Å². The first-order valence-corrected chi connectivity index (χ1v) is 9.99. The Morgan fingerprint density at radius 1 is 1.27 bits per heavy atom. The van der Waals surface area contributed by atoms with E-state index in [0.717, 1.165) is 18.8 Å². The minimum Gasteiger partial charge on any atom is -0.379 e. The van der Waals surface area contributed by atoms with Crippen molar-refractivity contribution in [2.24, 2.45) is 11.7 Å². The summed E-state index contributed by atoms with van der Waals surface area (Å²) in [6.07, 6.45) is 1.68. The molecule has 9 heteroatoms. The zero-order valence-corrected chi connectivity index (χ0v) is 17.0. The minimum atomic E-state index is -0.362. The Kier molecular flexibility index (Phi) is 10.3. The van der Waals surface area contributed by atoms with Crippen LogP contribution >= 0.6 is 11.8 Å². The summed E-state index contributed by atoms with van der Waals surface area (Å²) in [6.45, 7) is 10.1. The Morgan fingerprint density at radius 3 is 2.62 bits per heavy atom. The van der Waals surface area contributed by atoms with Crippen LogP contribution in [0.1, 0.15) is 46.4 Å². The van der Waals surface area contributed by atoms with Gasteiger partial charge in [0.1, 0.15) is 5.82 Å². The number of nitrogens with one attached hydrogen (secondary N) is 1. The van der Waals surface area contributed by atoms with Gasteiger partial charge in [-0.2, -0.15) is 0 Å². The lowest BCUT2D eigenvalue weighted by molar-refractivity contribution is -0.119. The van der Waals surface area contributed by atoms with Crippen LogP contribution in [0.15, 0.2) is 5.16 Å². The molecule has 0 aromatic carbocycles. The fraction of sp³-hybridized carbons (Fsp3) is 0.765. The summed E-state index contributed by atoms with van der Waals surface area (Å²) in [7, 11) is 0. The Labute approximate surface area is 159 Å². The number of rotatable bonds is 13. The van der Waals surface area contributed by atoms with Crippen LogP contribution < -0.4 is 11.1 Å². The van der Waals surface area contributed by atoms with E-state index in [2.05, 4.69) is 29.4 Å². The van der Waals surface area contributed by atoms with Gasteiger partial charge in [-0.25, -0.2) is 0 Å². The Bertz CT molecular complexity index is 575. The molecule has 0 radical (unpaired) electrons. The fourth-order valence-corrected chi connectivity index (χ4v) is 2.99. The van der Waals surface area contributed by atoms with Gasteiger partial charge >= 0.3 is 0 Å². The van der Waals surface area contributed by atoms with Gasteiger partial charge in [0.15, 0.2) is 5.16 Å². The van der Waals surface area contributed by atoms with Gasteiger partial charge in [0.2, 0.25) is 11.8 Å². The molecule has 0 spiro atoms. The summed E-state index contributed by atoms with van der Waals surface area (Å²) in [5.41, 5.74) is 5.22. The monoisotopic (exact) mass is 385 g/mol. The van der Waals surface area contributed by atoms with E-state index in [1.54, 1.807) is 0 Å². The Balaban J connectivity index is 2.49. The number of ether oxygens (including phenoxy) is 1. The number of aromatic nitrogens is 3. The summed E-state index contributed by atoms with van der Waals surface area (Å²) in [5.74, 6) is 0.993. The van der Waals surface area contributed by atoms with Gasteiger partial charge in [0.25, 0.3) is 0 Å². The molecule has 0 atom stereocenters. The molecule has 3 N–H and O–H groups in total. The lowest BCUT2D eigenvalue weighted by atomic mass is 10.2. The van der Waals surface area contributed by atoms with Crippen molar-refractivity contribution in [2.45, 2.75) is 64.8 Å². The van der Waals surface area contributed by atoms with Gasteiger partial charge in [-0.1, -0.05) is 25.6 Å². The predicted molar refractivity (Wildman–Crippen MR) is 102 cm³/mol. The molecule has 1 aromatic heterocycles. The molecule has 2 amide bonds. The largest absolute Gasteiger partial charge is 0.379 e. The maximum atomic E-state index is 12.0. The maximum Gasteiger partial charge on any atom is 0.230 e. The van der Waals surface area contributed by atoms with Crippen molar-refractivity contribution < 1.29 is 14.3 Å². The van der Waals surface area contributed by atoms with Gasteiger partial charge in [0.05, 0.1) is 11.9 Å². The minimum absolute atomic E-state index is 0.0441. The first kappa shape index (κ1) is 22.4. The quantitative estimate of drug-likeness (QED) is 0.392. The van der Waals surface area contributed by atoms with E-state index < -0.39 is 0 Å². The van der Waals surface area contributed by atoms with Crippen LogP contribution in [0.2, 0.25) is 0 Å². The highest BCUT2D eigenvalue weighted by atomic mass is 32.2. The zero-order valence-electron chi connectivity index (χ0n) is 16.2. The van der Waals surface area contributed by atoms with Crippen LogP contribution in [0.3, 0.4) is 0 Å². The summed E-state index contributed by atoms with van der Waals surface area (Å²) < 4.78 is 7.41. The fourth-order valence-electron chi connectivity index (χ4n) is 2.19. The van der Waals surface area contributed by atoms with E-state index in [0.29, 0.717) is 30.6 Å². The number of hydrogen-bond acceptors (Lipinski definition) is 6. The molecule has 0 fully saturated rings. The molecule has 0 unspecified atom stereocenters. The second-order valence-electron chi connectivity index (χ2n) is 6.78. The number of thioether (sulfide) groups is 1. The summed E-state index contributed by atoms with van der Waals surface area (Å²) in [4.78, 5) is 23.0. The van der Waals surface area contributed by atoms with Crippen molar-refractivity contribution in [1.29, 1.82) is 0 Å². The van der Waals surface area contributed by atoms with Crippen molar-refractivity contribution in [1.82, 2.24) is 20.1 Å². The first-order valence-electron chi connectivity index (χ1n) is 9.01. The van der Waals surface area contributed by atoms with Gasteiger partial charge in [-0.05, 0) is 26.2 Å².